The van der Waals surface area contributed by atoms with Gasteiger partial charge in [0.05, 0.1) is 17.9 Å². The van der Waals surface area contributed by atoms with Crippen molar-refractivity contribution < 1.29 is 14.3 Å². The highest BCUT2D eigenvalue weighted by Crippen LogP contribution is 2.37. The van der Waals surface area contributed by atoms with Crippen LogP contribution in [0.15, 0.2) is 12.7 Å². The van der Waals surface area contributed by atoms with Crippen LogP contribution in [0.5, 0.6) is 0 Å². The number of rotatable bonds is 7. The average molecular weight is 354 g/mol. The Kier molecular flexibility index (Phi) is 6.68. The molecule has 126 valence electrons. The van der Waals surface area contributed by atoms with E-state index in [0.717, 1.165) is 35.7 Å². The number of nitrogens with zero attached hydrogens (tertiary/aromatic N) is 1. The van der Waals surface area contributed by atoms with E-state index in [1.54, 1.807) is 13.0 Å². The molecule has 1 aromatic rings. The summed E-state index contributed by atoms with van der Waals surface area (Å²) in [5, 5.41) is 3.50. The van der Waals surface area contributed by atoms with Crippen molar-refractivity contribution >= 4 is 40.0 Å². The number of likely N-dealkylation sites (N-methyl/N-ethyl adjacent to an activating group) is 1. The third-order valence-corrected chi connectivity index (χ3v) is 5.52. The lowest BCUT2D eigenvalue weighted by Crippen LogP contribution is -2.26. The second kappa shape index (κ2) is 8.52. The topological polar surface area (TPSA) is 58.6 Å². The number of nitrogens with one attached hydrogen (secondary N) is 1. The molecule has 1 aliphatic heterocycles. The lowest BCUT2D eigenvalue weighted by atomic mass is 10.0. The van der Waals surface area contributed by atoms with Gasteiger partial charge in [-0.2, -0.15) is 0 Å². The molecule has 5 nitrogen and oxygen atoms in total. The van der Waals surface area contributed by atoms with Crippen molar-refractivity contribution in [2.24, 2.45) is 0 Å². The highest BCUT2D eigenvalue weighted by atomic mass is 32.2. The number of ether oxygens (including phenoxy) is 1. The highest BCUT2D eigenvalue weighted by molar-refractivity contribution is 8.00. The Balaban J connectivity index is 2.21. The maximum atomic E-state index is 12.3. The molecule has 0 bridgehead atoms. The highest BCUT2D eigenvalue weighted by Gasteiger charge is 2.28. The van der Waals surface area contributed by atoms with Gasteiger partial charge in [0.2, 0.25) is 5.91 Å². The van der Waals surface area contributed by atoms with Crippen molar-refractivity contribution in [1.29, 1.82) is 0 Å². The number of hydrogen-bond donors (Lipinski definition) is 1. The molecule has 0 saturated heterocycles. The molecule has 0 radical (unpaired) electrons. The fourth-order valence-corrected chi connectivity index (χ4v) is 4.31. The van der Waals surface area contributed by atoms with Gasteiger partial charge < -0.3 is 15.0 Å². The van der Waals surface area contributed by atoms with Crippen molar-refractivity contribution in [2.45, 2.75) is 19.9 Å². The molecule has 23 heavy (non-hydrogen) atoms. The predicted octanol–water partition coefficient (Wildman–Crippen LogP) is 2.77. The van der Waals surface area contributed by atoms with Gasteiger partial charge in [-0.15, -0.1) is 29.7 Å². The minimum absolute atomic E-state index is 0.102. The average Bonchev–Trinajstić information content (AvgIpc) is 2.84. The summed E-state index contributed by atoms with van der Waals surface area (Å²) < 4.78 is 5.18. The van der Waals surface area contributed by atoms with Gasteiger partial charge >= 0.3 is 5.97 Å². The van der Waals surface area contributed by atoms with E-state index in [1.165, 1.54) is 23.1 Å². The van der Waals surface area contributed by atoms with Gasteiger partial charge in [-0.1, -0.05) is 6.08 Å². The van der Waals surface area contributed by atoms with Crippen molar-refractivity contribution in [3.05, 3.63) is 28.7 Å². The van der Waals surface area contributed by atoms with Gasteiger partial charge in [0.1, 0.15) is 5.00 Å². The zero-order valence-corrected chi connectivity index (χ0v) is 15.1. The number of carbonyl (C=O) groups is 2. The first-order valence-electron chi connectivity index (χ1n) is 7.55. The number of carbonyl (C=O) groups excluding carboxylic acids is 2. The zero-order chi connectivity index (χ0) is 16.8. The fraction of sp³-hybridized carbons (Fsp3) is 0.500. The van der Waals surface area contributed by atoms with Gasteiger partial charge in [0.15, 0.2) is 0 Å². The molecule has 0 aliphatic carbocycles. The Hall–Kier alpha value is -1.31. The monoisotopic (exact) mass is 354 g/mol. The van der Waals surface area contributed by atoms with E-state index >= 15 is 0 Å². The number of hydrogen-bond acceptors (Lipinski definition) is 6. The third kappa shape index (κ3) is 4.59. The second-order valence-electron chi connectivity index (χ2n) is 5.27. The number of anilines is 1. The molecule has 0 saturated carbocycles. The fourth-order valence-electron chi connectivity index (χ4n) is 2.44. The first-order valence-corrected chi connectivity index (χ1v) is 9.52. The standard InChI is InChI=1S/C16H22N2O3S2/c1-4-8-22-10-13(19)17-15-14(16(20)21-5-2)11-6-7-18(3)9-12(11)23-15/h4H,1,5-10H2,2-3H3,(H,17,19). The molecule has 0 unspecified atom stereocenters. The maximum Gasteiger partial charge on any atom is 0.341 e. The number of esters is 1. The summed E-state index contributed by atoms with van der Waals surface area (Å²) in [6.07, 6.45) is 2.57. The molecule has 0 atom stereocenters. The molecule has 0 spiro atoms. The second-order valence-corrected chi connectivity index (χ2v) is 7.40. The third-order valence-electron chi connectivity index (χ3n) is 3.45. The molecular weight excluding hydrogens is 332 g/mol. The van der Waals surface area contributed by atoms with Crippen LogP contribution in [0.2, 0.25) is 0 Å². The van der Waals surface area contributed by atoms with Crippen molar-refractivity contribution in [3.63, 3.8) is 0 Å². The van der Waals surface area contributed by atoms with Crippen LogP contribution in [-0.4, -0.2) is 48.5 Å². The zero-order valence-electron chi connectivity index (χ0n) is 13.5. The van der Waals surface area contributed by atoms with Crippen LogP contribution in [-0.2, 0) is 22.5 Å². The maximum absolute atomic E-state index is 12.3. The van der Waals surface area contributed by atoms with E-state index in [9.17, 15) is 9.59 Å². The number of thiophene rings is 1. The van der Waals surface area contributed by atoms with Crippen molar-refractivity contribution in [2.75, 3.05) is 37.0 Å². The molecule has 1 N–H and O–H groups in total. The lowest BCUT2D eigenvalue weighted by molar-refractivity contribution is -0.113. The van der Waals surface area contributed by atoms with E-state index in [4.69, 9.17) is 4.74 Å². The molecule has 0 aromatic carbocycles. The number of amides is 1. The SMILES string of the molecule is C=CCSCC(=O)Nc1sc2c(c1C(=O)OCC)CCN(C)C2. The van der Waals surface area contributed by atoms with Gasteiger partial charge in [-0.25, -0.2) is 4.79 Å². The Morgan fingerprint density at radius 3 is 3.00 bits per heavy atom. The Bertz CT molecular complexity index is 598. The Labute approximate surface area is 145 Å². The molecule has 0 fully saturated rings. The van der Waals surface area contributed by atoms with E-state index in [0.29, 0.717) is 22.9 Å². The van der Waals surface area contributed by atoms with Crippen molar-refractivity contribution in [3.8, 4) is 0 Å². The first-order chi connectivity index (χ1) is 11.1. The smallest absolute Gasteiger partial charge is 0.341 e. The molecule has 2 rings (SSSR count). The largest absolute Gasteiger partial charge is 0.462 e. The molecule has 1 amide bonds. The summed E-state index contributed by atoms with van der Waals surface area (Å²) in [5.41, 5.74) is 1.57. The van der Waals surface area contributed by atoms with Crippen LogP contribution in [0.25, 0.3) is 0 Å². The summed E-state index contributed by atoms with van der Waals surface area (Å²) in [7, 11) is 2.05. The van der Waals surface area contributed by atoms with E-state index < -0.39 is 0 Å². The Morgan fingerprint density at radius 2 is 2.30 bits per heavy atom. The molecular formula is C16H22N2O3S2. The molecule has 1 aromatic heterocycles. The van der Waals surface area contributed by atoms with Crippen LogP contribution >= 0.6 is 23.1 Å². The Morgan fingerprint density at radius 1 is 1.52 bits per heavy atom. The normalized spacial score (nSPS) is 14.2. The van der Waals surface area contributed by atoms with E-state index in [1.807, 2.05) is 0 Å². The first kappa shape index (κ1) is 18.0. The minimum Gasteiger partial charge on any atom is -0.462 e. The van der Waals surface area contributed by atoms with Crippen molar-refractivity contribution in [1.82, 2.24) is 4.90 Å². The van der Waals surface area contributed by atoms with Gasteiger partial charge in [-0.3, -0.25) is 4.79 Å². The molecule has 7 heteroatoms. The predicted molar refractivity (Wildman–Crippen MR) is 96.5 cm³/mol. The lowest BCUT2D eigenvalue weighted by Gasteiger charge is -2.22. The van der Waals surface area contributed by atoms with Crippen LogP contribution in [0.1, 0.15) is 27.7 Å². The van der Waals surface area contributed by atoms with Gasteiger partial charge in [0.25, 0.3) is 0 Å². The minimum atomic E-state index is -0.344. The summed E-state index contributed by atoms with van der Waals surface area (Å²) in [6, 6.07) is 0. The molecule has 1 aliphatic rings. The summed E-state index contributed by atoms with van der Waals surface area (Å²) >= 11 is 2.97. The number of thioether (sulfide) groups is 1. The van der Waals surface area contributed by atoms with Gasteiger partial charge in [-0.05, 0) is 26.0 Å². The number of fused-ring (bicyclic) bond motifs is 1. The van der Waals surface area contributed by atoms with E-state index in [-0.39, 0.29) is 11.9 Å². The summed E-state index contributed by atoms with van der Waals surface area (Å²) in [5.74, 6) is 0.624. The quantitative estimate of drug-likeness (QED) is 0.463. The van der Waals surface area contributed by atoms with Crippen LogP contribution in [0, 0.1) is 0 Å². The van der Waals surface area contributed by atoms with Crippen LogP contribution in [0.4, 0.5) is 5.00 Å². The van der Waals surface area contributed by atoms with E-state index in [2.05, 4.69) is 23.8 Å². The molecule has 2 heterocycles. The van der Waals surface area contributed by atoms with Crippen LogP contribution in [0.3, 0.4) is 0 Å². The summed E-state index contributed by atoms with van der Waals surface area (Å²) in [6.45, 7) is 7.45. The van der Waals surface area contributed by atoms with Gasteiger partial charge in [0, 0.05) is 23.7 Å². The summed E-state index contributed by atoms with van der Waals surface area (Å²) in [4.78, 5) is 27.7. The van der Waals surface area contributed by atoms with Crippen LogP contribution < -0.4 is 5.32 Å².